The van der Waals surface area contributed by atoms with E-state index in [-0.39, 0.29) is 11.8 Å². The Balaban J connectivity index is 1.25. The van der Waals surface area contributed by atoms with Gasteiger partial charge in [0.05, 0.1) is 12.2 Å². The maximum atomic E-state index is 12.9. The van der Waals surface area contributed by atoms with Crippen molar-refractivity contribution in [3.05, 3.63) is 55.6 Å². The highest BCUT2D eigenvalue weighted by molar-refractivity contribution is 5.92. The van der Waals surface area contributed by atoms with Gasteiger partial charge in [-0.2, -0.15) is 5.10 Å². The number of rotatable bonds is 5. The van der Waals surface area contributed by atoms with Gasteiger partial charge in [-0.05, 0) is 37.1 Å². The molecule has 0 aromatic carbocycles. The van der Waals surface area contributed by atoms with Gasteiger partial charge in [-0.25, -0.2) is 19.6 Å². The Hall–Kier alpha value is -4.15. The number of carbonyl (C=O) groups is 1. The number of nitrogens with one attached hydrogen (secondary N) is 1. The second-order valence-electron chi connectivity index (χ2n) is 7.13. The van der Waals surface area contributed by atoms with E-state index in [1.807, 2.05) is 24.3 Å². The van der Waals surface area contributed by atoms with Crippen LogP contribution in [0.3, 0.4) is 0 Å². The van der Waals surface area contributed by atoms with Crippen LogP contribution in [0, 0.1) is 5.92 Å². The summed E-state index contributed by atoms with van der Waals surface area (Å²) >= 11 is 0. The van der Waals surface area contributed by atoms with Gasteiger partial charge >= 0.3 is 0 Å². The molecule has 0 bridgehead atoms. The van der Waals surface area contributed by atoms with Crippen molar-refractivity contribution in [2.45, 2.75) is 12.8 Å². The second-order valence-corrected chi connectivity index (χ2v) is 7.13. The fourth-order valence-electron chi connectivity index (χ4n) is 3.54. The van der Waals surface area contributed by atoms with Crippen LogP contribution >= 0.6 is 0 Å². The Kier molecular flexibility index (Phi) is 5.05. The van der Waals surface area contributed by atoms with E-state index in [4.69, 9.17) is 4.42 Å². The van der Waals surface area contributed by atoms with Gasteiger partial charge in [-0.15, -0.1) is 10.2 Å². The number of aromatic nitrogens is 7. The van der Waals surface area contributed by atoms with Gasteiger partial charge in [0, 0.05) is 19.2 Å². The van der Waals surface area contributed by atoms with E-state index in [1.165, 1.54) is 23.7 Å². The molecule has 4 aromatic rings. The summed E-state index contributed by atoms with van der Waals surface area (Å²) in [6.45, 7) is 1.38. The average Bonchev–Trinajstić information content (AvgIpc) is 3.54. The molecule has 1 amide bonds. The van der Waals surface area contributed by atoms with Crippen LogP contribution in [0.5, 0.6) is 0 Å². The molecular weight excluding hydrogens is 398 g/mol. The molecule has 0 saturated carbocycles. The van der Waals surface area contributed by atoms with Crippen LogP contribution in [0.15, 0.2) is 60.0 Å². The summed E-state index contributed by atoms with van der Waals surface area (Å²) in [6.07, 6.45) is 7.61. The van der Waals surface area contributed by atoms with Crippen LogP contribution in [0.4, 0.5) is 11.6 Å². The minimum Gasteiger partial charge on any atom is -0.463 e. The largest absolute Gasteiger partial charge is 0.463 e. The standard InChI is InChI=1S/C20H19N9O2/c30-20(25-17-9-19(23-12-22-17)29-13-21-11-24-29)14-3-1-7-28(10-14)18-6-5-15(26-27-18)16-4-2-8-31-16/h2,4-6,8-9,11-14H,1,3,7,10H2,(H,22,23,25,30)/t14-/m1/s1. The summed E-state index contributed by atoms with van der Waals surface area (Å²) in [7, 11) is 0. The van der Waals surface area contributed by atoms with Crippen molar-refractivity contribution in [1.29, 1.82) is 0 Å². The number of hydrogen-bond donors (Lipinski definition) is 1. The van der Waals surface area contributed by atoms with Gasteiger partial charge in [0.1, 0.15) is 30.5 Å². The lowest BCUT2D eigenvalue weighted by Crippen LogP contribution is -2.41. The molecular formula is C20H19N9O2. The Morgan fingerprint density at radius 1 is 1.13 bits per heavy atom. The predicted molar refractivity (Wildman–Crippen MR) is 110 cm³/mol. The summed E-state index contributed by atoms with van der Waals surface area (Å²) in [5, 5.41) is 15.5. The molecule has 1 saturated heterocycles. The highest BCUT2D eigenvalue weighted by Crippen LogP contribution is 2.24. The number of piperidine rings is 1. The Bertz CT molecular complexity index is 1140. The maximum absolute atomic E-state index is 12.9. The predicted octanol–water partition coefficient (Wildman–Crippen LogP) is 1.96. The summed E-state index contributed by atoms with van der Waals surface area (Å²) in [5.74, 6) is 2.08. The van der Waals surface area contributed by atoms with Crippen molar-refractivity contribution in [3.8, 4) is 17.3 Å². The quantitative estimate of drug-likeness (QED) is 0.518. The van der Waals surface area contributed by atoms with Crippen molar-refractivity contribution < 1.29 is 9.21 Å². The average molecular weight is 417 g/mol. The van der Waals surface area contributed by atoms with Gasteiger partial charge < -0.3 is 14.6 Å². The monoisotopic (exact) mass is 417 g/mol. The van der Waals surface area contributed by atoms with E-state index in [1.54, 1.807) is 12.3 Å². The number of hydrogen-bond acceptors (Lipinski definition) is 9. The topological polar surface area (TPSA) is 128 Å². The van der Waals surface area contributed by atoms with E-state index >= 15 is 0 Å². The van der Waals surface area contributed by atoms with Gasteiger partial charge in [-0.1, -0.05) is 0 Å². The summed E-state index contributed by atoms with van der Waals surface area (Å²) < 4.78 is 6.86. The minimum absolute atomic E-state index is 0.0897. The van der Waals surface area contributed by atoms with E-state index in [0.29, 0.717) is 29.6 Å². The summed E-state index contributed by atoms with van der Waals surface area (Å²) in [6, 6.07) is 9.08. The molecule has 0 aliphatic carbocycles. The third kappa shape index (κ3) is 4.10. The van der Waals surface area contributed by atoms with Crippen LogP contribution in [0.2, 0.25) is 0 Å². The van der Waals surface area contributed by atoms with Crippen molar-refractivity contribution in [3.63, 3.8) is 0 Å². The molecule has 0 spiro atoms. The third-order valence-electron chi connectivity index (χ3n) is 5.10. The number of furan rings is 1. The van der Waals surface area contributed by atoms with Gasteiger partial charge in [0.2, 0.25) is 5.91 Å². The molecule has 1 aliphatic heterocycles. The van der Waals surface area contributed by atoms with Crippen molar-refractivity contribution in [1.82, 2.24) is 34.9 Å². The highest BCUT2D eigenvalue weighted by Gasteiger charge is 2.27. The van der Waals surface area contributed by atoms with Crippen molar-refractivity contribution >= 4 is 17.5 Å². The smallest absolute Gasteiger partial charge is 0.230 e. The number of anilines is 2. The van der Waals surface area contributed by atoms with E-state index in [9.17, 15) is 4.79 Å². The third-order valence-corrected chi connectivity index (χ3v) is 5.10. The van der Waals surface area contributed by atoms with Crippen LogP contribution in [-0.4, -0.2) is 53.9 Å². The zero-order valence-electron chi connectivity index (χ0n) is 16.5. The first-order valence-electron chi connectivity index (χ1n) is 9.87. The Morgan fingerprint density at radius 3 is 2.87 bits per heavy atom. The van der Waals surface area contributed by atoms with Gasteiger partial charge in [0.25, 0.3) is 0 Å². The Morgan fingerprint density at radius 2 is 2.10 bits per heavy atom. The second kappa shape index (κ2) is 8.30. The molecule has 4 aromatic heterocycles. The van der Waals surface area contributed by atoms with Crippen molar-refractivity contribution in [2.24, 2.45) is 5.92 Å². The lowest BCUT2D eigenvalue weighted by molar-refractivity contribution is -0.120. The van der Waals surface area contributed by atoms with E-state index in [0.717, 1.165) is 25.2 Å². The molecule has 156 valence electrons. The zero-order chi connectivity index (χ0) is 21.0. The van der Waals surface area contributed by atoms with E-state index in [2.05, 4.69) is 40.5 Å². The van der Waals surface area contributed by atoms with E-state index < -0.39 is 0 Å². The first-order chi connectivity index (χ1) is 15.3. The van der Waals surface area contributed by atoms with Crippen LogP contribution in [-0.2, 0) is 4.79 Å². The molecule has 1 N–H and O–H groups in total. The molecule has 1 fully saturated rings. The molecule has 31 heavy (non-hydrogen) atoms. The molecule has 11 nitrogen and oxygen atoms in total. The van der Waals surface area contributed by atoms with Crippen LogP contribution in [0.25, 0.3) is 17.3 Å². The molecule has 5 rings (SSSR count). The molecule has 1 atom stereocenters. The zero-order valence-corrected chi connectivity index (χ0v) is 16.5. The van der Waals surface area contributed by atoms with Crippen molar-refractivity contribution in [2.75, 3.05) is 23.3 Å². The van der Waals surface area contributed by atoms with Gasteiger partial charge in [0.15, 0.2) is 17.4 Å². The maximum Gasteiger partial charge on any atom is 0.230 e. The first-order valence-corrected chi connectivity index (χ1v) is 9.87. The fourth-order valence-corrected chi connectivity index (χ4v) is 3.54. The SMILES string of the molecule is O=C(Nc1cc(-n2cncn2)ncn1)[C@@H]1CCCN(c2ccc(-c3ccco3)nn2)C1. The molecule has 11 heteroatoms. The van der Waals surface area contributed by atoms with Gasteiger partial charge in [-0.3, -0.25) is 4.79 Å². The first kappa shape index (κ1) is 18.9. The normalized spacial score (nSPS) is 16.3. The number of amides is 1. The lowest BCUT2D eigenvalue weighted by atomic mass is 9.97. The summed E-state index contributed by atoms with van der Waals surface area (Å²) in [4.78, 5) is 27.1. The number of carbonyl (C=O) groups excluding carboxylic acids is 1. The van der Waals surface area contributed by atoms with Crippen LogP contribution in [0.1, 0.15) is 12.8 Å². The minimum atomic E-state index is -0.190. The molecule has 0 radical (unpaired) electrons. The lowest BCUT2D eigenvalue weighted by Gasteiger charge is -2.32. The highest BCUT2D eigenvalue weighted by atomic mass is 16.3. The fraction of sp³-hybridized carbons (Fsp3) is 0.250. The Labute approximate surface area is 177 Å². The summed E-state index contributed by atoms with van der Waals surface area (Å²) in [5.41, 5.74) is 0.673. The molecule has 0 unspecified atom stereocenters. The molecule has 1 aliphatic rings. The number of nitrogens with zero attached hydrogens (tertiary/aromatic N) is 8. The van der Waals surface area contributed by atoms with Crippen LogP contribution < -0.4 is 10.2 Å². The molecule has 5 heterocycles.